The summed E-state index contributed by atoms with van der Waals surface area (Å²) in [5, 5.41) is 0. The van der Waals surface area contributed by atoms with Crippen molar-refractivity contribution in [1.29, 1.82) is 0 Å². The zero-order chi connectivity index (χ0) is 16.1. The topological polar surface area (TPSA) is 29.5 Å². The van der Waals surface area contributed by atoms with E-state index in [-0.39, 0.29) is 6.09 Å². The van der Waals surface area contributed by atoms with Gasteiger partial charge in [0.2, 0.25) is 0 Å². The van der Waals surface area contributed by atoms with Gasteiger partial charge in [0.05, 0.1) is 4.90 Å². The van der Waals surface area contributed by atoms with Crippen molar-refractivity contribution < 1.29 is 9.53 Å². The molecule has 4 heteroatoms. The standard InChI is InChI=1S/C19H21NO2S/c1-15-9-11-16(12-10-15)23-18-8-4-3-7-17(18)22-19(21)20-13-5-2-6-14-20/h3-4,7-12H,2,5-6,13-14H2,1H3. The maximum absolute atomic E-state index is 12.3. The molecule has 120 valence electrons. The molecule has 0 N–H and O–H groups in total. The molecule has 1 aliphatic heterocycles. The smallest absolute Gasteiger partial charge is 0.409 e. The predicted octanol–water partition coefficient (Wildman–Crippen LogP) is 5.13. The lowest BCUT2D eigenvalue weighted by molar-refractivity contribution is 0.141. The highest BCUT2D eigenvalue weighted by molar-refractivity contribution is 7.99. The van der Waals surface area contributed by atoms with Gasteiger partial charge >= 0.3 is 6.09 Å². The Balaban J connectivity index is 1.72. The van der Waals surface area contributed by atoms with Crippen LogP contribution in [0.4, 0.5) is 4.79 Å². The van der Waals surface area contributed by atoms with Crippen LogP contribution in [0.5, 0.6) is 5.75 Å². The molecule has 0 aliphatic carbocycles. The fourth-order valence-corrected chi connectivity index (χ4v) is 3.47. The van der Waals surface area contributed by atoms with Crippen LogP contribution in [0.25, 0.3) is 0 Å². The molecule has 0 bridgehead atoms. The molecule has 2 aromatic carbocycles. The van der Waals surface area contributed by atoms with E-state index in [2.05, 4.69) is 31.2 Å². The van der Waals surface area contributed by atoms with Crippen LogP contribution in [0.3, 0.4) is 0 Å². The van der Waals surface area contributed by atoms with E-state index in [0.717, 1.165) is 35.7 Å². The lowest BCUT2D eigenvalue weighted by Crippen LogP contribution is -2.37. The van der Waals surface area contributed by atoms with Gasteiger partial charge in [0.25, 0.3) is 0 Å². The Morgan fingerprint density at radius 2 is 1.70 bits per heavy atom. The Kier molecular flexibility index (Phi) is 5.23. The van der Waals surface area contributed by atoms with E-state index < -0.39 is 0 Å². The van der Waals surface area contributed by atoms with E-state index >= 15 is 0 Å². The Morgan fingerprint density at radius 3 is 2.43 bits per heavy atom. The first-order valence-corrected chi connectivity index (χ1v) is 8.84. The normalized spacial score (nSPS) is 14.6. The minimum Gasteiger partial charge on any atom is -0.409 e. The van der Waals surface area contributed by atoms with Crippen molar-refractivity contribution in [3.05, 3.63) is 54.1 Å². The number of nitrogens with zero attached hydrogens (tertiary/aromatic N) is 1. The second kappa shape index (κ2) is 7.55. The second-order valence-corrected chi connectivity index (χ2v) is 6.89. The number of piperidine rings is 1. The maximum Gasteiger partial charge on any atom is 0.415 e. The molecule has 1 fully saturated rings. The Bertz CT molecular complexity index is 663. The van der Waals surface area contributed by atoms with E-state index in [1.54, 1.807) is 16.7 Å². The molecule has 0 aromatic heterocycles. The molecule has 0 atom stereocenters. The van der Waals surface area contributed by atoms with Crippen molar-refractivity contribution in [2.24, 2.45) is 0 Å². The summed E-state index contributed by atoms with van der Waals surface area (Å²) in [5.74, 6) is 0.633. The highest BCUT2D eigenvalue weighted by Crippen LogP contribution is 2.35. The minimum absolute atomic E-state index is 0.235. The second-order valence-electron chi connectivity index (χ2n) is 5.78. The molecular weight excluding hydrogens is 306 g/mol. The van der Waals surface area contributed by atoms with Crippen molar-refractivity contribution in [2.75, 3.05) is 13.1 Å². The van der Waals surface area contributed by atoms with Crippen LogP contribution in [-0.2, 0) is 0 Å². The number of amides is 1. The first kappa shape index (κ1) is 15.9. The van der Waals surface area contributed by atoms with Gasteiger partial charge in [-0.15, -0.1) is 0 Å². The third-order valence-corrected chi connectivity index (χ3v) is 4.97. The number of aryl methyl sites for hydroxylation is 1. The zero-order valence-corrected chi connectivity index (χ0v) is 14.1. The van der Waals surface area contributed by atoms with Crippen LogP contribution in [0.2, 0.25) is 0 Å². The van der Waals surface area contributed by atoms with Crippen LogP contribution in [0.15, 0.2) is 58.3 Å². The SMILES string of the molecule is Cc1ccc(Sc2ccccc2OC(=O)N2CCCCC2)cc1. The van der Waals surface area contributed by atoms with Gasteiger partial charge in [-0.25, -0.2) is 4.79 Å². The molecule has 1 saturated heterocycles. The first-order chi connectivity index (χ1) is 11.2. The Hall–Kier alpha value is -1.94. The van der Waals surface area contributed by atoms with Crippen molar-refractivity contribution in [3.63, 3.8) is 0 Å². The summed E-state index contributed by atoms with van der Waals surface area (Å²) in [6.07, 6.45) is 3.09. The van der Waals surface area contributed by atoms with Crippen LogP contribution >= 0.6 is 11.8 Å². The minimum atomic E-state index is -0.235. The molecule has 2 aromatic rings. The third-order valence-electron chi connectivity index (χ3n) is 3.91. The van der Waals surface area contributed by atoms with Crippen molar-refractivity contribution >= 4 is 17.9 Å². The van der Waals surface area contributed by atoms with Gasteiger partial charge in [0.15, 0.2) is 0 Å². The highest BCUT2D eigenvalue weighted by Gasteiger charge is 2.19. The number of rotatable bonds is 3. The number of hydrogen-bond acceptors (Lipinski definition) is 3. The molecule has 0 spiro atoms. The summed E-state index contributed by atoms with van der Waals surface area (Å²) in [6.45, 7) is 3.67. The summed E-state index contributed by atoms with van der Waals surface area (Å²) in [6, 6.07) is 16.1. The van der Waals surface area contributed by atoms with E-state index in [4.69, 9.17) is 4.74 Å². The summed E-state index contributed by atoms with van der Waals surface area (Å²) in [7, 11) is 0. The largest absolute Gasteiger partial charge is 0.415 e. The van der Waals surface area contributed by atoms with Gasteiger partial charge in [-0.1, -0.05) is 41.6 Å². The molecule has 0 saturated carbocycles. The molecule has 0 radical (unpaired) electrons. The maximum atomic E-state index is 12.3. The van der Waals surface area contributed by atoms with E-state index in [1.165, 1.54) is 12.0 Å². The first-order valence-electron chi connectivity index (χ1n) is 8.03. The third kappa shape index (κ3) is 4.29. The number of hydrogen-bond donors (Lipinski definition) is 0. The lowest BCUT2D eigenvalue weighted by atomic mass is 10.1. The number of para-hydroxylation sites is 1. The van der Waals surface area contributed by atoms with Crippen molar-refractivity contribution in [3.8, 4) is 5.75 Å². The van der Waals surface area contributed by atoms with Gasteiger partial charge in [0, 0.05) is 18.0 Å². The molecule has 1 amide bonds. The molecular formula is C19H21NO2S. The number of likely N-dealkylation sites (tertiary alicyclic amines) is 1. The summed E-state index contributed by atoms with van der Waals surface area (Å²) >= 11 is 1.62. The predicted molar refractivity (Wildman–Crippen MR) is 93.2 cm³/mol. The van der Waals surface area contributed by atoms with E-state index in [0.29, 0.717) is 5.75 Å². The van der Waals surface area contributed by atoms with Crippen LogP contribution < -0.4 is 4.74 Å². The van der Waals surface area contributed by atoms with Crippen molar-refractivity contribution in [2.45, 2.75) is 36.0 Å². The molecule has 1 aliphatic rings. The average molecular weight is 327 g/mol. The summed E-state index contributed by atoms with van der Waals surface area (Å²) in [5.41, 5.74) is 1.24. The van der Waals surface area contributed by atoms with Crippen LogP contribution in [0.1, 0.15) is 24.8 Å². The zero-order valence-electron chi connectivity index (χ0n) is 13.3. The fourth-order valence-electron chi connectivity index (χ4n) is 2.59. The summed E-state index contributed by atoms with van der Waals surface area (Å²) in [4.78, 5) is 16.2. The molecule has 3 nitrogen and oxygen atoms in total. The van der Waals surface area contributed by atoms with Gasteiger partial charge in [-0.05, 0) is 50.5 Å². The molecule has 23 heavy (non-hydrogen) atoms. The Morgan fingerprint density at radius 1 is 1.00 bits per heavy atom. The monoisotopic (exact) mass is 327 g/mol. The van der Waals surface area contributed by atoms with Crippen LogP contribution in [-0.4, -0.2) is 24.1 Å². The van der Waals surface area contributed by atoms with E-state index in [9.17, 15) is 4.79 Å². The van der Waals surface area contributed by atoms with Gasteiger partial charge in [-0.3, -0.25) is 0 Å². The Labute approximate surface area is 141 Å². The number of benzene rings is 2. The van der Waals surface area contributed by atoms with Crippen LogP contribution in [0, 0.1) is 6.92 Å². The fraction of sp³-hybridized carbons (Fsp3) is 0.316. The number of carbonyl (C=O) groups is 1. The van der Waals surface area contributed by atoms with Crippen molar-refractivity contribution in [1.82, 2.24) is 4.90 Å². The average Bonchev–Trinajstić information content (AvgIpc) is 2.59. The van der Waals surface area contributed by atoms with Gasteiger partial charge in [-0.2, -0.15) is 0 Å². The number of ether oxygens (including phenoxy) is 1. The molecule has 0 unspecified atom stereocenters. The lowest BCUT2D eigenvalue weighted by Gasteiger charge is -2.26. The molecule has 1 heterocycles. The highest BCUT2D eigenvalue weighted by atomic mass is 32.2. The van der Waals surface area contributed by atoms with E-state index in [1.807, 2.05) is 24.3 Å². The quantitative estimate of drug-likeness (QED) is 0.782. The summed E-state index contributed by atoms with van der Waals surface area (Å²) < 4.78 is 5.65. The number of carbonyl (C=O) groups excluding carboxylic acids is 1. The van der Waals surface area contributed by atoms with Gasteiger partial charge in [0.1, 0.15) is 5.75 Å². The van der Waals surface area contributed by atoms with Gasteiger partial charge < -0.3 is 9.64 Å². The molecule has 3 rings (SSSR count).